The van der Waals surface area contributed by atoms with Crippen LogP contribution in [0.4, 0.5) is 0 Å². The van der Waals surface area contributed by atoms with E-state index in [1.165, 1.54) is 0 Å². The van der Waals surface area contributed by atoms with Gasteiger partial charge in [-0.25, -0.2) is 4.98 Å². The fourth-order valence-electron chi connectivity index (χ4n) is 1.88. The number of nitrogens with zero attached hydrogens (tertiary/aromatic N) is 2. The molecule has 0 radical (unpaired) electrons. The summed E-state index contributed by atoms with van der Waals surface area (Å²) >= 11 is 0. The number of pyridine rings is 1. The van der Waals surface area contributed by atoms with Crippen molar-refractivity contribution in [3.63, 3.8) is 0 Å². The fourth-order valence-corrected chi connectivity index (χ4v) is 1.88. The number of aromatic nitrogens is 2. The minimum Gasteiger partial charge on any atom is -0.356 e. The number of amides is 1. The second-order valence-corrected chi connectivity index (χ2v) is 4.81. The third kappa shape index (κ3) is 4.06. The maximum atomic E-state index is 11.5. The highest BCUT2D eigenvalue weighted by molar-refractivity contribution is 5.75. The average molecular weight is 260 g/mol. The standard InChI is InChI=1S/C14H20N4O/c1-11(15)5-6-14(19)16-8-7-12-10-18-9-3-2-4-13(18)17-12/h2-4,9-11H,5-8,15H2,1H3,(H,16,19). The van der Waals surface area contributed by atoms with Crippen molar-refractivity contribution >= 4 is 11.6 Å². The predicted molar refractivity (Wildman–Crippen MR) is 74.8 cm³/mol. The molecule has 0 saturated carbocycles. The third-order valence-corrected chi connectivity index (χ3v) is 2.94. The summed E-state index contributed by atoms with van der Waals surface area (Å²) in [5.74, 6) is 0.0565. The Balaban J connectivity index is 1.77. The summed E-state index contributed by atoms with van der Waals surface area (Å²) in [7, 11) is 0. The number of nitrogens with two attached hydrogens (primary N) is 1. The van der Waals surface area contributed by atoms with Crippen LogP contribution in [0.25, 0.3) is 5.65 Å². The molecule has 1 atom stereocenters. The summed E-state index contributed by atoms with van der Waals surface area (Å²) in [6, 6.07) is 5.96. The van der Waals surface area contributed by atoms with Gasteiger partial charge >= 0.3 is 0 Å². The third-order valence-electron chi connectivity index (χ3n) is 2.94. The maximum absolute atomic E-state index is 11.5. The molecule has 0 aliphatic rings. The van der Waals surface area contributed by atoms with Crippen molar-refractivity contribution in [1.82, 2.24) is 14.7 Å². The van der Waals surface area contributed by atoms with Crippen molar-refractivity contribution in [2.45, 2.75) is 32.2 Å². The smallest absolute Gasteiger partial charge is 0.220 e. The van der Waals surface area contributed by atoms with Crippen LogP contribution < -0.4 is 11.1 Å². The van der Waals surface area contributed by atoms with Crippen LogP contribution in [0.15, 0.2) is 30.6 Å². The Morgan fingerprint density at radius 3 is 3.11 bits per heavy atom. The molecule has 3 N–H and O–H groups in total. The molecular weight excluding hydrogens is 240 g/mol. The summed E-state index contributed by atoms with van der Waals surface area (Å²) in [6.07, 6.45) is 5.91. The van der Waals surface area contributed by atoms with Crippen molar-refractivity contribution in [2.75, 3.05) is 6.54 Å². The van der Waals surface area contributed by atoms with Gasteiger partial charge in [0.05, 0.1) is 5.69 Å². The lowest BCUT2D eigenvalue weighted by Crippen LogP contribution is -2.27. The molecule has 1 unspecified atom stereocenters. The minimum absolute atomic E-state index is 0.0565. The number of imidazole rings is 1. The molecule has 0 spiro atoms. The number of nitrogens with one attached hydrogen (secondary N) is 1. The predicted octanol–water partition coefficient (Wildman–Crippen LogP) is 1.12. The average Bonchev–Trinajstić information content (AvgIpc) is 2.79. The summed E-state index contributed by atoms with van der Waals surface area (Å²) in [5, 5.41) is 2.89. The summed E-state index contributed by atoms with van der Waals surface area (Å²) in [5.41, 5.74) is 7.53. The number of hydrogen-bond acceptors (Lipinski definition) is 3. The highest BCUT2D eigenvalue weighted by Gasteiger charge is 2.04. The van der Waals surface area contributed by atoms with Crippen molar-refractivity contribution in [2.24, 2.45) is 5.73 Å². The number of fused-ring (bicyclic) bond motifs is 1. The fraction of sp³-hybridized carbons (Fsp3) is 0.429. The van der Waals surface area contributed by atoms with Gasteiger partial charge in [-0.15, -0.1) is 0 Å². The van der Waals surface area contributed by atoms with E-state index in [0.29, 0.717) is 13.0 Å². The summed E-state index contributed by atoms with van der Waals surface area (Å²) in [6.45, 7) is 2.52. The lowest BCUT2D eigenvalue weighted by molar-refractivity contribution is -0.121. The minimum atomic E-state index is 0.0565. The van der Waals surface area contributed by atoms with Crippen LogP contribution in [-0.2, 0) is 11.2 Å². The van der Waals surface area contributed by atoms with Gasteiger partial charge in [0.15, 0.2) is 0 Å². The van der Waals surface area contributed by atoms with Gasteiger partial charge in [0.25, 0.3) is 0 Å². The van der Waals surface area contributed by atoms with Gasteiger partial charge in [-0.3, -0.25) is 4.79 Å². The SMILES string of the molecule is CC(N)CCC(=O)NCCc1cn2ccccc2n1. The van der Waals surface area contributed by atoms with Crippen LogP contribution >= 0.6 is 0 Å². The first kappa shape index (κ1) is 13.5. The Morgan fingerprint density at radius 2 is 2.37 bits per heavy atom. The normalized spacial score (nSPS) is 12.5. The van der Waals surface area contributed by atoms with E-state index in [-0.39, 0.29) is 11.9 Å². The first-order valence-corrected chi connectivity index (χ1v) is 6.60. The Labute approximate surface area is 112 Å². The van der Waals surface area contributed by atoms with E-state index in [0.717, 1.165) is 24.2 Å². The van der Waals surface area contributed by atoms with Gasteiger partial charge in [0.1, 0.15) is 5.65 Å². The first-order valence-electron chi connectivity index (χ1n) is 6.60. The second-order valence-electron chi connectivity index (χ2n) is 4.81. The Hall–Kier alpha value is -1.88. The molecule has 2 rings (SSSR count). The van der Waals surface area contributed by atoms with Crippen LogP contribution in [0.2, 0.25) is 0 Å². The lowest BCUT2D eigenvalue weighted by atomic mass is 10.2. The Bertz CT molecular complexity index is 514. The van der Waals surface area contributed by atoms with Gasteiger partial charge in [-0.1, -0.05) is 6.07 Å². The van der Waals surface area contributed by atoms with Crippen LogP contribution in [0.3, 0.4) is 0 Å². The summed E-state index contributed by atoms with van der Waals surface area (Å²) < 4.78 is 1.98. The quantitative estimate of drug-likeness (QED) is 0.817. The number of carbonyl (C=O) groups is 1. The van der Waals surface area contributed by atoms with Gasteiger partial charge in [-0.2, -0.15) is 0 Å². The number of carbonyl (C=O) groups excluding carboxylic acids is 1. The summed E-state index contributed by atoms with van der Waals surface area (Å²) in [4.78, 5) is 16.0. The van der Waals surface area contributed by atoms with E-state index in [1.54, 1.807) is 0 Å². The van der Waals surface area contributed by atoms with E-state index in [1.807, 2.05) is 41.9 Å². The van der Waals surface area contributed by atoms with Crippen molar-refractivity contribution in [1.29, 1.82) is 0 Å². The van der Waals surface area contributed by atoms with Crippen LogP contribution in [0.1, 0.15) is 25.5 Å². The molecule has 0 bridgehead atoms. The molecule has 0 aliphatic carbocycles. The molecule has 5 heteroatoms. The van der Waals surface area contributed by atoms with Crippen molar-refractivity contribution in [3.8, 4) is 0 Å². The molecule has 5 nitrogen and oxygen atoms in total. The van der Waals surface area contributed by atoms with E-state index in [4.69, 9.17) is 5.73 Å². The molecule has 2 aromatic rings. The van der Waals surface area contributed by atoms with E-state index < -0.39 is 0 Å². The van der Waals surface area contributed by atoms with Gasteiger partial charge in [0.2, 0.25) is 5.91 Å². The molecule has 0 fully saturated rings. The molecule has 2 heterocycles. The van der Waals surface area contributed by atoms with Crippen molar-refractivity contribution < 1.29 is 4.79 Å². The zero-order valence-corrected chi connectivity index (χ0v) is 11.2. The maximum Gasteiger partial charge on any atom is 0.220 e. The van der Waals surface area contributed by atoms with Gasteiger partial charge in [-0.05, 0) is 25.5 Å². The van der Waals surface area contributed by atoms with Crippen LogP contribution in [0.5, 0.6) is 0 Å². The topological polar surface area (TPSA) is 72.4 Å². The molecule has 2 aromatic heterocycles. The molecular formula is C14H20N4O. The highest BCUT2D eigenvalue weighted by Crippen LogP contribution is 2.04. The zero-order chi connectivity index (χ0) is 13.7. The van der Waals surface area contributed by atoms with E-state index >= 15 is 0 Å². The molecule has 0 aliphatic heterocycles. The molecule has 1 amide bonds. The zero-order valence-electron chi connectivity index (χ0n) is 11.2. The molecule has 102 valence electrons. The second kappa shape index (κ2) is 6.33. The van der Waals surface area contributed by atoms with Crippen LogP contribution in [0, 0.1) is 0 Å². The molecule has 0 saturated heterocycles. The molecule has 0 aromatic carbocycles. The highest BCUT2D eigenvalue weighted by atomic mass is 16.1. The monoisotopic (exact) mass is 260 g/mol. The number of hydrogen-bond donors (Lipinski definition) is 2. The number of rotatable bonds is 6. The Kier molecular flexibility index (Phi) is 4.52. The lowest BCUT2D eigenvalue weighted by Gasteiger charge is -2.05. The Morgan fingerprint density at radius 1 is 1.53 bits per heavy atom. The van der Waals surface area contributed by atoms with Gasteiger partial charge in [0, 0.05) is 37.8 Å². The van der Waals surface area contributed by atoms with Crippen molar-refractivity contribution in [3.05, 3.63) is 36.3 Å². The largest absolute Gasteiger partial charge is 0.356 e. The van der Waals surface area contributed by atoms with Gasteiger partial charge < -0.3 is 15.5 Å². The van der Waals surface area contributed by atoms with E-state index in [2.05, 4.69) is 10.3 Å². The van der Waals surface area contributed by atoms with Crippen LogP contribution in [-0.4, -0.2) is 27.9 Å². The first-order chi connectivity index (χ1) is 9.15. The van der Waals surface area contributed by atoms with E-state index in [9.17, 15) is 4.79 Å². The molecule has 19 heavy (non-hydrogen) atoms.